The molecule has 2 rings (SSSR count). The third kappa shape index (κ3) is 4.34. The smallest absolute Gasteiger partial charge is 0.137 e. The van der Waals surface area contributed by atoms with Crippen molar-refractivity contribution in [3.63, 3.8) is 0 Å². The highest BCUT2D eigenvalue weighted by atomic mass is 16.5. The lowest BCUT2D eigenvalue weighted by molar-refractivity contribution is -0.949. The van der Waals surface area contributed by atoms with Gasteiger partial charge in [-0.05, 0) is 12.1 Å². The van der Waals surface area contributed by atoms with Crippen LogP contribution in [0, 0.1) is 0 Å². The molecule has 1 atom stereocenters. The van der Waals surface area contributed by atoms with Crippen LogP contribution >= 0.6 is 0 Å². The number of aliphatic hydroxyl groups excluding tert-OH is 1. The first-order valence-corrected chi connectivity index (χ1v) is 6.36. The van der Waals surface area contributed by atoms with E-state index in [0.717, 1.165) is 25.4 Å². The summed E-state index contributed by atoms with van der Waals surface area (Å²) in [5, 5.41) is 12.2. The summed E-state index contributed by atoms with van der Waals surface area (Å²) in [6.07, 6.45) is -0.372. The van der Waals surface area contributed by atoms with Gasteiger partial charge in [-0.2, -0.15) is 0 Å². The Morgan fingerprint density at radius 3 is 2.65 bits per heavy atom. The number of quaternary nitrogens is 2. The van der Waals surface area contributed by atoms with Crippen molar-refractivity contribution in [2.75, 3.05) is 39.3 Å². The Morgan fingerprint density at radius 2 is 1.94 bits per heavy atom. The van der Waals surface area contributed by atoms with E-state index in [1.54, 1.807) is 0 Å². The largest absolute Gasteiger partial charge is 0.491 e. The van der Waals surface area contributed by atoms with E-state index in [1.165, 1.54) is 18.0 Å². The quantitative estimate of drug-likeness (QED) is 0.550. The molecule has 1 saturated heterocycles. The summed E-state index contributed by atoms with van der Waals surface area (Å²) in [5.74, 6) is 0.827. The van der Waals surface area contributed by atoms with Crippen molar-refractivity contribution in [2.45, 2.75) is 6.10 Å². The number of piperazine rings is 1. The second-order valence-corrected chi connectivity index (χ2v) is 4.60. The number of nitrogens with one attached hydrogen (secondary N) is 1. The van der Waals surface area contributed by atoms with Crippen LogP contribution in [0.25, 0.3) is 0 Å². The van der Waals surface area contributed by atoms with Gasteiger partial charge >= 0.3 is 0 Å². The van der Waals surface area contributed by atoms with Gasteiger partial charge in [0.2, 0.25) is 0 Å². The van der Waals surface area contributed by atoms with Crippen molar-refractivity contribution in [3.8, 4) is 5.75 Å². The molecule has 1 aliphatic heterocycles. The van der Waals surface area contributed by atoms with Crippen LogP contribution in [0.4, 0.5) is 0 Å². The zero-order valence-corrected chi connectivity index (χ0v) is 10.1. The molecule has 0 aromatic heterocycles. The molecule has 0 amide bonds. The van der Waals surface area contributed by atoms with Crippen molar-refractivity contribution in [1.82, 2.24) is 0 Å². The molecule has 1 heterocycles. The molecule has 17 heavy (non-hydrogen) atoms. The molecule has 4 nitrogen and oxygen atoms in total. The second-order valence-electron chi connectivity index (χ2n) is 4.60. The molecule has 1 aliphatic rings. The molecule has 1 aromatic rings. The standard InChI is InChI=1S/C13H20N2O2/c16-12(10-15-8-6-14-7-9-15)11-17-13-4-2-1-3-5-13/h1-5,12,14,16H,6-11H2/p+2/t12-/m0/s1. The minimum absolute atomic E-state index is 0.372. The average molecular weight is 238 g/mol. The summed E-state index contributed by atoms with van der Waals surface area (Å²) in [5.41, 5.74) is 0. The number of nitrogens with two attached hydrogens (primary N) is 1. The van der Waals surface area contributed by atoms with Crippen LogP contribution in [0.15, 0.2) is 30.3 Å². The Kier molecular flexibility index (Phi) is 4.79. The Morgan fingerprint density at radius 1 is 1.24 bits per heavy atom. The van der Waals surface area contributed by atoms with Gasteiger partial charge in [0.05, 0.1) is 0 Å². The maximum atomic E-state index is 9.91. The molecule has 1 aromatic carbocycles. The van der Waals surface area contributed by atoms with E-state index in [9.17, 15) is 5.11 Å². The lowest BCUT2D eigenvalue weighted by Crippen LogP contribution is -3.21. The van der Waals surface area contributed by atoms with Gasteiger partial charge in [0.1, 0.15) is 51.2 Å². The number of ether oxygens (including phenoxy) is 1. The monoisotopic (exact) mass is 238 g/mol. The Balaban J connectivity index is 1.68. The molecule has 0 aliphatic carbocycles. The first kappa shape index (κ1) is 12.4. The number of para-hydroxylation sites is 1. The van der Waals surface area contributed by atoms with E-state index >= 15 is 0 Å². The molecule has 0 spiro atoms. The van der Waals surface area contributed by atoms with Crippen LogP contribution in [0.3, 0.4) is 0 Å². The number of hydrogen-bond acceptors (Lipinski definition) is 2. The predicted molar refractivity (Wildman–Crippen MR) is 65.2 cm³/mol. The topological polar surface area (TPSA) is 50.5 Å². The lowest BCUT2D eigenvalue weighted by Gasteiger charge is -2.24. The van der Waals surface area contributed by atoms with Crippen LogP contribution in [-0.2, 0) is 0 Å². The van der Waals surface area contributed by atoms with Crippen molar-refractivity contribution >= 4 is 0 Å². The van der Waals surface area contributed by atoms with Gasteiger partial charge in [-0.1, -0.05) is 18.2 Å². The molecule has 4 N–H and O–H groups in total. The van der Waals surface area contributed by atoms with Crippen LogP contribution in [0.1, 0.15) is 0 Å². The zero-order valence-electron chi connectivity index (χ0n) is 10.1. The molecular weight excluding hydrogens is 216 g/mol. The van der Waals surface area contributed by atoms with Gasteiger partial charge < -0.3 is 20.1 Å². The first-order valence-electron chi connectivity index (χ1n) is 6.36. The fourth-order valence-electron chi connectivity index (χ4n) is 2.19. The molecule has 0 unspecified atom stereocenters. The molecule has 4 heteroatoms. The molecule has 94 valence electrons. The Bertz CT molecular complexity index is 312. The first-order chi connectivity index (χ1) is 8.34. The summed E-state index contributed by atoms with van der Waals surface area (Å²) in [7, 11) is 0. The van der Waals surface area contributed by atoms with E-state index in [1.807, 2.05) is 30.3 Å². The van der Waals surface area contributed by atoms with Gasteiger partial charge in [0.15, 0.2) is 0 Å². The van der Waals surface area contributed by atoms with E-state index in [4.69, 9.17) is 4.74 Å². The van der Waals surface area contributed by atoms with Gasteiger partial charge in [0.25, 0.3) is 0 Å². The Hall–Kier alpha value is -1.10. The summed E-state index contributed by atoms with van der Waals surface area (Å²) >= 11 is 0. The zero-order chi connectivity index (χ0) is 11.9. The van der Waals surface area contributed by atoms with E-state index in [0.29, 0.717) is 6.61 Å². The average Bonchev–Trinajstić information content (AvgIpc) is 2.39. The molecule has 0 bridgehead atoms. The molecule has 1 fully saturated rings. The van der Waals surface area contributed by atoms with Gasteiger partial charge in [-0.15, -0.1) is 0 Å². The van der Waals surface area contributed by atoms with Crippen molar-refractivity contribution in [1.29, 1.82) is 0 Å². The summed E-state index contributed by atoms with van der Waals surface area (Å²) < 4.78 is 5.54. The molecular formula is C13H22N2O2+2. The van der Waals surface area contributed by atoms with E-state index in [-0.39, 0.29) is 6.10 Å². The fourth-order valence-corrected chi connectivity index (χ4v) is 2.19. The number of benzene rings is 1. The minimum atomic E-state index is -0.372. The van der Waals surface area contributed by atoms with E-state index < -0.39 is 0 Å². The van der Waals surface area contributed by atoms with Crippen molar-refractivity contribution in [2.24, 2.45) is 0 Å². The highest BCUT2D eigenvalue weighted by Gasteiger charge is 2.19. The normalized spacial score (nSPS) is 18.9. The SMILES string of the molecule is O[C@H](COc1ccccc1)C[NH+]1CC[NH2+]CC1. The van der Waals surface area contributed by atoms with Gasteiger partial charge in [-0.3, -0.25) is 0 Å². The minimum Gasteiger partial charge on any atom is -0.491 e. The maximum absolute atomic E-state index is 9.91. The third-order valence-corrected chi connectivity index (χ3v) is 3.11. The van der Waals surface area contributed by atoms with Crippen LogP contribution in [0.5, 0.6) is 5.75 Å². The van der Waals surface area contributed by atoms with Crippen LogP contribution in [0.2, 0.25) is 0 Å². The number of hydrogen-bond donors (Lipinski definition) is 3. The number of rotatable bonds is 5. The number of aliphatic hydroxyl groups is 1. The summed E-state index contributed by atoms with van der Waals surface area (Å²) in [6, 6.07) is 9.66. The van der Waals surface area contributed by atoms with Gasteiger partial charge in [0, 0.05) is 0 Å². The van der Waals surface area contributed by atoms with Crippen LogP contribution in [-0.4, -0.2) is 50.5 Å². The summed E-state index contributed by atoms with van der Waals surface area (Å²) in [4.78, 5) is 1.48. The molecule has 0 radical (unpaired) electrons. The highest BCUT2D eigenvalue weighted by molar-refractivity contribution is 5.20. The van der Waals surface area contributed by atoms with E-state index in [2.05, 4.69) is 5.32 Å². The van der Waals surface area contributed by atoms with Gasteiger partial charge in [-0.25, -0.2) is 0 Å². The lowest BCUT2D eigenvalue weighted by atomic mass is 10.3. The summed E-state index contributed by atoms with van der Waals surface area (Å²) in [6.45, 7) is 5.80. The molecule has 0 saturated carbocycles. The maximum Gasteiger partial charge on any atom is 0.137 e. The predicted octanol–water partition coefficient (Wildman–Crippen LogP) is -2.11. The Labute approximate surface area is 102 Å². The van der Waals surface area contributed by atoms with Crippen LogP contribution < -0.4 is 15.0 Å². The second kappa shape index (κ2) is 6.59. The van der Waals surface area contributed by atoms with Crippen molar-refractivity contribution < 1.29 is 20.1 Å². The fraction of sp³-hybridized carbons (Fsp3) is 0.538. The third-order valence-electron chi connectivity index (χ3n) is 3.11. The highest BCUT2D eigenvalue weighted by Crippen LogP contribution is 2.08. The van der Waals surface area contributed by atoms with Crippen molar-refractivity contribution in [3.05, 3.63) is 30.3 Å².